The maximum Gasteiger partial charge on any atom is 0.417 e. The lowest BCUT2D eigenvalue weighted by Crippen LogP contribution is -2.11. The molecule has 0 aliphatic carbocycles. The summed E-state index contributed by atoms with van der Waals surface area (Å²) in [5, 5.41) is -0.0330. The van der Waals surface area contributed by atoms with Crippen molar-refractivity contribution in [3.63, 3.8) is 0 Å². The van der Waals surface area contributed by atoms with Crippen LogP contribution in [-0.4, -0.2) is 15.0 Å². The summed E-state index contributed by atoms with van der Waals surface area (Å²) in [7, 11) is 0. The van der Waals surface area contributed by atoms with E-state index in [2.05, 4.69) is 15.0 Å². The summed E-state index contributed by atoms with van der Waals surface area (Å²) in [6, 6.07) is 19.1. The molecule has 0 atom stereocenters. The zero-order valence-electron chi connectivity index (χ0n) is 15.0. The minimum absolute atomic E-state index is 0.0330. The summed E-state index contributed by atoms with van der Waals surface area (Å²) in [6.45, 7) is 1.78. The van der Waals surface area contributed by atoms with Gasteiger partial charge in [-0.3, -0.25) is 0 Å². The topological polar surface area (TPSA) is 38.7 Å². The Bertz CT molecular complexity index is 1120. The summed E-state index contributed by atoms with van der Waals surface area (Å²) in [4.78, 5) is 13.3. The molecule has 2 aromatic heterocycles. The van der Waals surface area contributed by atoms with E-state index in [0.29, 0.717) is 23.5 Å². The molecule has 0 aliphatic heterocycles. The molecule has 0 amide bonds. The smallest absolute Gasteiger partial charge is 0.232 e. The van der Waals surface area contributed by atoms with Crippen LogP contribution in [0.3, 0.4) is 0 Å². The third-order valence-corrected chi connectivity index (χ3v) is 4.48. The molecule has 0 saturated heterocycles. The van der Waals surface area contributed by atoms with Crippen molar-refractivity contribution in [2.45, 2.75) is 19.5 Å². The van der Waals surface area contributed by atoms with E-state index in [-0.39, 0.29) is 16.7 Å². The van der Waals surface area contributed by atoms with E-state index in [1.165, 1.54) is 0 Å². The first-order valence-electron chi connectivity index (χ1n) is 8.87. The standard InChI is InChI=1S/C22H16F3N3/c1-2-17-19-16(22(23,24)25)13-18(14-9-5-3-6-10-14)27-21(19)28-20(26-17)15-11-7-4-8-12-15/h3-13H,2H2,1H3. The second kappa shape index (κ2) is 7.03. The van der Waals surface area contributed by atoms with Crippen LogP contribution in [0.2, 0.25) is 0 Å². The number of benzene rings is 2. The van der Waals surface area contributed by atoms with Crippen LogP contribution in [0.5, 0.6) is 0 Å². The van der Waals surface area contributed by atoms with Crippen molar-refractivity contribution >= 4 is 11.0 Å². The summed E-state index contributed by atoms with van der Waals surface area (Å²) in [5.74, 6) is 0.371. The number of aryl methyl sites for hydroxylation is 1. The van der Waals surface area contributed by atoms with E-state index in [9.17, 15) is 13.2 Å². The molecule has 0 radical (unpaired) electrons. The highest BCUT2D eigenvalue weighted by Crippen LogP contribution is 2.38. The third-order valence-electron chi connectivity index (χ3n) is 4.48. The van der Waals surface area contributed by atoms with E-state index in [1.807, 2.05) is 30.3 Å². The monoisotopic (exact) mass is 379 g/mol. The largest absolute Gasteiger partial charge is 0.417 e. The van der Waals surface area contributed by atoms with Gasteiger partial charge in [0.25, 0.3) is 0 Å². The Labute approximate surface area is 159 Å². The Balaban J connectivity index is 2.06. The Kier molecular flexibility index (Phi) is 4.55. The quantitative estimate of drug-likeness (QED) is 0.442. The van der Waals surface area contributed by atoms with Crippen molar-refractivity contribution in [1.82, 2.24) is 15.0 Å². The molecule has 0 bridgehead atoms. The van der Waals surface area contributed by atoms with Gasteiger partial charge in [0.1, 0.15) is 0 Å². The number of hydrogen-bond acceptors (Lipinski definition) is 3. The Morgan fingerprint density at radius 2 is 1.39 bits per heavy atom. The van der Waals surface area contributed by atoms with E-state index in [0.717, 1.165) is 11.6 Å². The highest BCUT2D eigenvalue weighted by molar-refractivity contribution is 5.86. The summed E-state index contributed by atoms with van der Waals surface area (Å²) >= 11 is 0. The zero-order chi connectivity index (χ0) is 19.7. The summed E-state index contributed by atoms with van der Waals surface area (Å²) in [5.41, 5.74) is 1.21. The van der Waals surface area contributed by atoms with Crippen molar-refractivity contribution in [3.8, 4) is 22.6 Å². The molecule has 3 nitrogen and oxygen atoms in total. The molecule has 2 aromatic carbocycles. The van der Waals surface area contributed by atoms with E-state index >= 15 is 0 Å². The predicted octanol–water partition coefficient (Wildman–Crippen LogP) is 5.94. The van der Waals surface area contributed by atoms with Gasteiger partial charge in [-0.25, -0.2) is 15.0 Å². The van der Waals surface area contributed by atoms with Gasteiger partial charge >= 0.3 is 6.18 Å². The number of alkyl halides is 3. The van der Waals surface area contributed by atoms with Crippen molar-refractivity contribution in [3.05, 3.63) is 78.0 Å². The average molecular weight is 379 g/mol. The van der Waals surface area contributed by atoms with Crippen LogP contribution in [0.4, 0.5) is 13.2 Å². The molecule has 0 N–H and O–H groups in total. The molecule has 0 fully saturated rings. The molecule has 4 rings (SSSR count). The first-order valence-corrected chi connectivity index (χ1v) is 8.87. The van der Waals surface area contributed by atoms with Gasteiger partial charge in [0.05, 0.1) is 22.3 Å². The molecule has 2 heterocycles. The van der Waals surface area contributed by atoms with Crippen LogP contribution in [0.25, 0.3) is 33.7 Å². The Hall–Kier alpha value is -3.28. The molecule has 6 heteroatoms. The van der Waals surface area contributed by atoms with Crippen LogP contribution in [0.1, 0.15) is 18.2 Å². The Morgan fingerprint density at radius 1 is 0.786 bits per heavy atom. The van der Waals surface area contributed by atoms with Crippen LogP contribution < -0.4 is 0 Å². The van der Waals surface area contributed by atoms with Gasteiger partial charge < -0.3 is 0 Å². The van der Waals surface area contributed by atoms with Crippen LogP contribution in [0.15, 0.2) is 66.7 Å². The van der Waals surface area contributed by atoms with Crippen LogP contribution >= 0.6 is 0 Å². The molecule has 28 heavy (non-hydrogen) atoms. The normalized spacial score (nSPS) is 11.7. The lowest BCUT2D eigenvalue weighted by Gasteiger charge is -2.15. The van der Waals surface area contributed by atoms with Crippen LogP contribution in [-0.2, 0) is 12.6 Å². The maximum atomic E-state index is 13.9. The molecule has 0 aliphatic rings. The van der Waals surface area contributed by atoms with E-state index in [1.54, 1.807) is 37.3 Å². The van der Waals surface area contributed by atoms with Gasteiger partial charge in [0, 0.05) is 11.1 Å². The fourth-order valence-corrected chi connectivity index (χ4v) is 3.16. The number of halogens is 3. The van der Waals surface area contributed by atoms with E-state index < -0.39 is 11.7 Å². The summed E-state index contributed by atoms with van der Waals surface area (Å²) in [6.07, 6.45) is -4.19. The van der Waals surface area contributed by atoms with Gasteiger partial charge in [-0.05, 0) is 12.5 Å². The highest BCUT2D eigenvalue weighted by atomic mass is 19.4. The SMILES string of the molecule is CCc1nc(-c2ccccc2)nc2nc(-c3ccccc3)cc(C(F)(F)F)c12. The summed E-state index contributed by atoms with van der Waals surface area (Å²) < 4.78 is 41.6. The van der Waals surface area contributed by atoms with Gasteiger partial charge in [-0.2, -0.15) is 13.2 Å². The molecule has 4 aromatic rings. The number of pyridine rings is 1. The van der Waals surface area contributed by atoms with Gasteiger partial charge in [0.2, 0.25) is 0 Å². The van der Waals surface area contributed by atoms with Gasteiger partial charge in [-0.15, -0.1) is 0 Å². The maximum absolute atomic E-state index is 13.9. The molecular formula is C22H16F3N3. The Morgan fingerprint density at radius 3 is 1.96 bits per heavy atom. The molecule has 0 spiro atoms. The zero-order valence-corrected chi connectivity index (χ0v) is 15.0. The van der Waals surface area contributed by atoms with Crippen molar-refractivity contribution < 1.29 is 13.2 Å². The highest BCUT2D eigenvalue weighted by Gasteiger charge is 2.35. The average Bonchev–Trinajstić information content (AvgIpc) is 2.72. The first kappa shape index (κ1) is 18.1. The van der Waals surface area contributed by atoms with Crippen molar-refractivity contribution in [1.29, 1.82) is 0 Å². The number of aromatic nitrogens is 3. The molecular weight excluding hydrogens is 363 g/mol. The lowest BCUT2D eigenvalue weighted by atomic mass is 10.0. The second-order valence-electron chi connectivity index (χ2n) is 6.33. The number of hydrogen-bond donors (Lipinski definition) is 0. The number of nitrogens with zero attached hydrogens (tertiary/aromatic N) is 3. The molecule has 0 saturated carbocycles. The first-order chi connectivity index (χ1) is 13.5. The minimum atomic E-state index is -4.54. The minimum Gasteiger partial charge on any atom is -0.232 e. The fraction of sp³-hybridized carbons (Fsp3) is 0.136. The molecule has 0 unspecified atom stereocenters. The third kappa shape index (κ3) is 3.33. The fourth-order valence-electron chi connectivity index (χ4n) is 3.16. The van der Waals surface area contributed by atoms with Crippen LogP contribution in [0, 0.1) is 0 Å². The lowest BCUT2D eigenvalue weighted by molar-refractivity contribution is -0.136. The van der Waals surface area contributed by atoms with Crippen molar-refractivity contribution in [2.75, 3.05) is 0 Å². The van der Waals surface area contributed by atoms with Gasteiger partial charge in [0.15, 0.2) is 11.5 Å². The predicted molar refractivity (Wildman–Crippen MR) is 103 cm³/mol. The number of rotatable bonds is 3. The number of fused-ring (bicyclic) bond motifs is 1. The molecule has 140 valence electrons. The second-order valence-corrected chi connectivity index (χ2v) is 6.33. The van der Waals surface area contributed by atoms with E-state index in [4.69, 9.17) is 0 Å². The van der Waals surface area contributed by atoms with Crippen molar-refractivity contribution in [2.24, 2.45) is 0 Å². The van der Waals surface area contributed by atoms with Gasteiger partial charge in [-0.1, -0.05) is 67.6 Å².